The maximum atomic E-state index is 11.8. The molecule has 0 aliphatic rings. The molecular formula is C16H12N2O2S. The fourth-order valence-electron chi connectivity index (χ4n) is 1.77. The van der Waals surface area contributed by atoms with Gasteiger partial charge in [-0.15, -0.1) is 11.3 Å². The molecule has 0 fully saturated rings. The lowest BCUT2D eigenvalue weighted by atomic mass is 10.2. The number of nitrogens with zero attached hydrogens (tertiary/aromatic N) is 1. The molecule has 0 bridgehead atoms. The van der Waals surface area contributed by atoms with E-state index in [4.69, 9.17) is 4.52 Å². The number of rotatable bonds is 4. The van der Waals surface area contributed by atoms with Gasteiger partial charge in [-0.1, -0.05) is 41.6 Å². The molecule has 0 unspecified atom stereocenters. The summed E-state index contributed by atoms with van der Waals surface area (Å²) in [6, 6.07) is 15.2. The molecule has 0 saturated carbocycles. The van der Waals surface area contributed by atoms with Crippen molar-refractivity contribution in [2.45, 2.75) is 0 Å². The van der Waals surface area contributed by atoms with Crippen LogP contribution in [0, 0.1) is 0 Å². The first-order chi connectivity index (χ1) is 10.3. The summed E-state index contributed by atoms with van der Waals surface area (Å²) in [5.41, 5.74) is 1.68. The standard InChI is InChI=1S/C16H12N2O2S/c19-15(9-8-12-5-2-1-3-6-12)17-16-11-13(18-20-16)14-7-4-10-21-14/h1-11H,(H,17,19)/b9-8+. The Hall–Kier alpha value is -2.66. The van der Waals surface area contributed by atoms with Gasteiger partial charge in [-0.3, -0.25) is 10.1 Å². The predicted molar refractivity (Wildman–Crippen MR) is 83.9 cm³/mol. The van der Waals surface area contributed by atoms with E-state index in [1.807, 2.05) is 47.8 Å². The van der Waals surface area contributed by atoms with E-state index < -0.39 is 0 Å². The molecule has 2 heterocycles. The smallest absolute Gasteiger partial charge is 0.250 e. The topological polar surface area (TPSA) is 55.1 Å². The van der Waals surface area contributed by atoms with Gasteiger partial charge in [0, 0.05) is 12.1 Å². The van der Waals surface area contributed by atoms with Gasteiger partial charge < -0.3 is 4.52 Å². The van der Waals surface area contributed by atoms with Crippen LogP contribution in [0.5, 0.6) is 0 Å². The van der Waals surface area contributed by atoms with Gasteiger partial charge in [-0.05, 0) is 23.1 Å². The van der Waals surface area contributed by atoms with Crippen LogP contribution in [0.4, 0.5) is 5.88 Å². The Morgan fingerprint density at radius 3 is 2.81 bits per heavy atom. The molecule has 0 saturated heterocycles. The van der Waals surface area contributed by atoms with E-state index in [1.54, 1.807) is 23.5 Å². The van der Waals surface area contributed by atoms with Gasteiger partial charge in [-0.25, -0.2) is 0 Å². The zero-order valence-electron chi connectivity index (χ0n) is 11.0. The van der Waals surface area contributed by atoms with Crippen LogP contribution < -0.4 is 5.32 Å². The molecule has 4 nitrogen and oxygen atoms in total. The van der Waals surface area contributed by atoms with Crippen molar-refractivity contribution >= 4 is 29.2 Å². The molecule has 104 valence electrons. The summed E-state index contributed by atoms with van der Waals surface area (Å²) >= 11 is 1.57. The minimum absolute atomic E-state index is 0.257. The summed E-state index contributed by atoms with van der Waals surface area (Å²) in [4.78, 5) is 12.8. The third kappa shape index (κ3) is 3.46. The number of hydrogen-bond acceptors (Lipinski definition) is 4. The van der Waals surface area contributed by atoms with E-state index >= 15 is 0 Å². The van der Waals surface area contributed by atoms with Crippen LogP contribution in [0.2, 0.25) is 0 Å². The van der Waals surface area contributed by atoms with Crippen LogP contribution in [0.3, 0.4) is 0 Å². The van der Waals surface area contributed by atoms with Crippen LogP contribution in [-0.2, 0) is 4.79 Å². The number of carbonyl (C=O) groups excluding carboxylic acids is 1. The van der Waals surface area contributed by atoms with Crippen molar-refractivity contribution in [3.05, 3.63) is 65.6 Å². The Labute approximate surface area is 125 Å². The fraction of sp³-hybridized carbons (Fsp3) is 0. The first kappa shape index (κ1) is 13.3. The highest BCUT2D eigenvalue weighted by atomic mass is 32.1. The van der Waals surface area contributed by atoms with Crippen molar-refractivity contribution in [2.24, 2.45) is 0 Å². The number of anilines is 1. The average molecular weight is 296 g/mol. The predicted octanol–water partition coefficient (Wildman–Crippen LogP) is 4.06. The van der Waals surface area contributed by atoms with Crippen molar-refractivity contribution in [2.75, 3.05) is 5.32 Å². The van der Waals surface area contributed by atoms with Gasteiger partial charge in [0.1, 0.15) is 5.69 Å². The third-order valence-corrected chi connectivity index (χ3v) is 3.65. The monoisotopic (exact) mass is 296 g/mol. The molecule has 0 atom stereocenters. The van der Waals surface area contributed by atoms with Crippen molar-refractivity contribution < 1.29 is 9.32 Å². The molecule has 2 aromatic heterocycles. The van der Waals surface area contributed by atoms with Crippen molar-refractivity contribution in [1.29, 1.82) is 0 Å². The summed E-state index contributed by atoms with van der Waals surface area (Å²) in [6.07, 6.45) is 3.20. The highest BCUT2D eigenvalue weighted by Gasteiger charge is 2.08. The Bertz CT molecular complexity index is 746. The Kier molecular flexibility index (Phi) is 3.93. The molecule has 1 aromatic carbocycles. The van der Waals surface area contributed by atoms with E-state index in [0.29, 0.717) is 11.6 Å². The van der Waals surface area contributed by atoms with Gasteiger partial charge in [0.05, 0.1) is 4.88 Å². The second kappa shape index (κ2) is 6.19. The highest BCUT2D eigenvalue weighted by molar-refractivity contribution is 7.13. The van der Waals surface area contributed by atoms with Gasteiger partial charge in [-0.2, -0.15) is 0 Å². The molecule has 0 radical (unpaired) electrons. The Morgan fingerprint density at radius 2 is 2.05 bits per heavy atom. The molecule has 0 spiro atoms. The van der Waals surface area contributed by atoms with Gasteiger partial charge in [0.15, 0.2) is 0 Å². The van der Waals surface area contributed by atoms with Crippen molar-refractivity contribution in [1.82, 2.24) is 5.16 Å². The van der Waals surface area contributed by atoms with E-state index in [9.17, 15) is 4.79 Å². The Balaban J connectivity index is 1.64. The number of amides is 1. The molecule has 21 heavy (non-hydrogen) atoms. The number of aromatic nitrogens is 1. The molecule has 1 amide bonds. The Morgan fingerprint density at radius 1 is 1.19 bits per heavy atom. The lowest BCUT2D eigenvalue weighted by Gasteiger charge is -1.94. The highest BCUT2D eigenvalue weighted by Crippen LogP contribution is 2.25. The van der Waals surface area contributed by atoms with Crippen LogP contribution in [-0.4, -0.2) is 11.1 Å². The second-order valence-corrected chi connectivity index (χ2v) is 5.23. The number of nitrogens with one attached hydrogen (secondary N) is 1. The number of carbonyl (C=O) groups is 1. The number of thiophene rings is 1. The van der Waals surface area contributed by atoms with Crippen LogP contribution in [0.25, 0.3) is 16.6 Å². The minimum Gasteiger partial charge on any atom is -0.338 e. The van der Waals surface area contributed by atoms with Gasteiger partial charge in [0.25, 0.3) is 5.91 Å². The van der Waals surface area contributed by atoms with E-state index in [-0.39, 0.29) is 5.91 Å². The summed E-state index contributed by atoms with van der Waals surface area (Å²) < 4.78 is 5.10. The zero-order chi connectivity index (χ0) is 14.5. The molecule has 5 heteroatoms. The number of hydrogen-bond donors (Lipinski definition) is 1. The van der Waals surface area contributed by atoms with E-state index in [0.717, 1.165) is 10.4 Å². The molecule has 1 N–H and O–H groups in total. The summed E-state index contributed by atoms with van der Waals surface area (Å²) in [5, 5.41) is 8.53. The maximum absolute atomic E-state index is 11.8. The fourth-order valence-corrected chi connectivity index (χ4v) is 2.45. The molecular weight excluding hydrogens is 284 g/mol. The first-order valence-electron chi connectivity index (χ1n) is 6.36. The van der Waals surface area contributed by atoms with Crippen LogP contribution >= 0.6 is 11.3 Å². The minimum atomic E-state index is -0.257. The van der Waals surface area contributed by atoms with Crippen LogP contribution in [0.15, 0.2) is 64.5 Å². The SMILES string of the molecule is O=C(/C=C/c1ccccc1)Nc1cc(-c2cccs2)no1. The summed E-state index contributed by atoms with van der Waals surface area (Å²) in [5.74, 6) is 0.0776. The molecule has 0 aliphatic heterocycles. The van der Waals surface area contributed by atoms with E-state index in [1.165, 1.54) is 6.08 Å². The first-order valence-corrected chi connectivity index (χ1v) is 7.24. The summed E-state index contributed by atoms with van der Waals surface area (Å²) in [7, 11) is 0. The van der Waals surface area contributed by atoms with Crippen LogP contribution in [0.1, 0.15) is 5.56 Å². The lowest BCUT2D eigenvalue weighted by Crippen LogP contribution is -2.06. The number of benzene rings is 1. The lowest BCUT2D eigenvalue weighted by molar-refractivity contribution is -0.112. The average Bonchev–Trinajstić information content (AvgIpc) is 3.17. The maximum Gasteiger partial charge on any atom is 0.250 e. The summed E-state index contributed by atoms with van der Waals surface area (Å²) in [6.45, 7) is 0. The largest absolute Gasteiger partial charge is 0.338 e. The second-order valence-electron chi connectivity index (χ2n) is 4.29. The van der Waals surface area contributed by atoms with Crippen molar-refractivity contribution in [3.8, 4) is 10.6 Å². The van der Waals surface area contributed by atoms with E-state index in [2.05, 4.69) is 10.5 Å². The molecule has 3 rings (SSSR count). The van der Waals surface area contributed by atoms with Crippen molar-refractivity contribution in [3.63, 3.8) is 0 Å². The van der Waals surface area contributed by atoms with Gasteiger partial charge >= 0.3 is 0 Å². The van der Waals surface area contributed by atoms with Gasteiger partial charge in [0.2, 0.25) is 5.88 Å². The molecule has 3 aromatic rings. The third-order valence-electron chi connectivity index (χ3n) is 2.76. The normalized spacial score (nSPS) is 10.9. The quantitative estimate of drug-likeness (QED) is 0.739. The molecule has 0 aliphatic carbocycles. The zero-order valence-corrected chi connectivity index (χ0v) is 11.8.